The predicted octanol–water partition coefficient (Wildman–Crippen LogP) is 6.50. The van der Waals surface area contributed by atoms with Crippen LogP contribution in [0.5, 0.6) is 23.0 Å². The summed E-state index contributed by atoms with van der Waals surface area (Å²) in [7, 11) is 0. The molecule has 4 aromatic carbocycles. The Labute approximate surface area is 214 Å². The van der Waals surface area contributed by atoms with Crippen molar-refractivity contribution in [3.63, 3.8) is 0 Å². The second kappa shape index (κ2) is 14.9. The van der Waals surface area contributed by atoms with E-state index in [-0.39, 0.29) is 24.7 Å². The number of rotatable bonds is 0. The van der Waals surface area contributed by atoms with Crippen LogP contribution in [0.25, 0.3) is 0 Å². The first-order valence-corrected chi connectivity index (χ1v) is 10.7. The number of hydrogen-bond acceptors (Lipinski definition) is 4. The average Bonchev–Trinajstić information content (AvgIpc) is 2.79. The predicted molar refractivity (Wildman–Crippen MR) is 146 cm³/mol. The van der Waals surface area contributed by atoms with E-state index in [2.05, 4.69) is 40.4 Å². The first-order chi connectivity index (χ1) is 15.9. The summed E-state index contributed by atoms with van der Waals surface area (Å²) in [4.78, 5) is 0. The molecule has 4 N–H and O–H groups in total. The van der Waals surface area contributed by atoms with Gasteiger partial charge in [0.25, 0.3) is 0 Å². The van der Waals surface area contributed by atoms with Crippen LogP contribution in [0.4, 0.5) is 0 Å². The molecular weight excluding hydrogens is 539 g/mol. The van der Waals surface area contributed by atoms with Crippen LogP contribution in [0, 0.1) is 27.8 Å². The van der Waals surface area contributed by atoms with Crippen molar-refractivity contribution in [2.45, 2.75) is 7.43 Å². The summed E-state index contributed by atoms with van der Waals surface area (Å²) in [5.74, 6) is 9.16. The lowest BCUT2D eigenvalue weighted by molar-refractivity contribution is 0.474. The van der Waals surface area contributed by atoms with E-state index in [1.165, 1.54) is 0 Å². The molecule has 0 bridgehead atoms. The van der Waals surface area contributed by atoms with Gasteiger partial charge in [-0.2, -0.15) is 0 Å². The number of hydrogen-bond donors (Lipinski definition) is 4. The molecule has 0 unspecified atom stereocenters. The number of benzene rings is 4. The van der Waals surface area contributed by atoms with Crippen LogP contribution in [-0.4, -0.2) is 20.4 Å². The average molecular weight is 564 g/mol. The molecule has 0 amide bonds. The smallest absolute Gasteiger partial charge is 0.116 e. The number of terminal acetylenes is 1. The molecule has 0 radical (unpaired) electrons. The molecule has 0 fully saturated rings. The zero-order valence-corrected chi connectivity index (χ0v) is 19.6. The normalized spacial score (nSPS) is 8.71. The maximum Gasteiger partial charge on any atom is 0.116 e. The highest BCUT2D eigenvalue weighted by Gasteiger charge is 1.91. The van der Waals surface area contributed by atoms with E-state index in [1.54, 1.807) is 72.8 Å². The van der Waals surface area contributed by atoms with E-state index >= 15 is 0 Å². The zero-order valence-electron chi connectivity index (χ0n) is 17.5. The van der Waals surface area contributed by atoms with E-state index in [0.29, 0.717) is 11.3 Å². The largest absolute Gasteiger partial charge is 0.508 e. The standard InChI is InChI=1S/C14H10O2.C8H6O.C6H5IO.CH4/c15-13-5-1-3-11(9-13)7-8-12-4-2-6-14(16)10-12;1-2-7-4-3-5-8(9)6-7;7-5-2-1-3-6(8)4-5;/h1-6,9-10,15-16H;1,3-6,9H;1-4,8H;1H4. The highest BCUT2D eigenvalue weighted by molar-refractivity contribution is 14.1. The molecule has 0 atom stereocenters. The Morgan fingerprint density at radius 3 is 1.18 bits per heavy atom. The number of aromatic hydroxyl groups is 4. The summed E-state index contributed by atoms with van der Waals surface area (Å²) in [6.45, 7) is 0. The number of halogens is 1. The fourth-order valence-corrected chi connectivity index (χ4v) is 2.91. The Bertz CT molecular complexity index is 1230. The van der Waals surface area contributed by atoms with Crippen LogP contribution < -0.4 is 0 Å². The van der Waals surface area contributed by atoms with Crippen LogP contribution in [0.15, 0.2) is 97.1 Å². The molecule has 4 nitrogen and oxygen atoms in total. The van der Waals surface area contributed by atoms with Crippen LogP contribution in [0.2, 0.25) is 0 Å². The van der Waals surface area contributed by atoms with Gasteiger partial charge in [0.15, 0.2) is 0 Å². The van der Waals surface area contributed by atoms with E-state index in [4.69, 9.17) is 16.6 Å². The van der Waals surface area contributed by atoms with Gasteiger partial charge >= 0.3 is 0 Å². The zero-order chi connectivity index (χ0) is 24.1. The van der Waals surface area contributed by atoms with Crippen LogP contribution in [-0.2, 0) is 0 Å². The fraction of sp³-hybridized carbons (Fsp3) is 0.0345. The van der Waals surface area contributed by atoms with Crippen molar-refractivity contribution in [1.29, 1.82) is 0 Å². The summed E-state index contributed by atoms with van der Waals surface area (Å²) >= 11 is 2.15. The van der Waals surface area contributed by atoms with Crippen molar-refractivity contribution < 1.29 is 20.4 Å². The van der Waals surface area contributed by atoms with Gasteiger partial charge in [-0.25, -0.2) is 0 Å². The van der Waals surface area contributed by atoms with Crippen molar-refractivity contribution in [2.75, 3.05) is 0 Å². The van der Waals surface area contributed by atoms with Crippen LogP contribution in [0.3, 0.4) is 0 Å². The molecule has 0 aliphatic rings. The van der Waals surface area contributed by atoms with Crippen LogP contribution >= 0.6 is 22.6 Å². The quantitative estimate of drug-likeness (QED) is 0.145. The minimum Gasteiger partial charge on any atom is -0.508 e. The molecule has 5 heteroatoms. The summed E-state index contributed by atoms with van der Waals surface area (Å²) < 4.78 is 1.06. The Morgan fingerprint density at radius 2 is 0.882 bits per heavy atom. The lowest BCUT2D eigenvalue weighted by Crippen LogP contribution is -1.75. The lowest BCUT2D eigenvalue weighted by atomic mass is 10.2. The minimum atomic E-state index is 0. The van der Waals surface area contributed by atoms with Gasteiger partial charge < -0.3 is 20.4 Å². The van der Waals surface area contributed by atoms with Crippen molar-refractivity contribution in [3.05, 3.63) is 117 Å². The molecule has 0 spiro atoms. The molecule has 0 aromatic heterocycles. The monoisotopic (exact) mass is 564 g/mol. The SMILES string of the molecule is C.C#Cc1cccc(O)c1.Oc1cccc(C#Cc2cccc(O)c2)c1.Oc1cccc(I)c1. The maximum absolute atomic E-state index is 9.25. The van der Waals surface area contributed by atoms with E-state index in [9.17, 15) is 10.2 Å². The van der Waals surface area contributed by atoms with Gasteiger partial charge in [0.2, 0.25) is 0 Å². The first kappa shape index (κ1) is 28.0. The summed E-state index contributed by atoms with van der Waals surface area (Å²) in [6, 6.07) is 27.2. The summed E-state index contributed by atoms with van der Waals surface area (Å²) in [5, 5.41) is 36.2. The molecule has 34 heavy (non-hydrogen) atoms. The van der Waals surface area contributed by atoms with Gasteiger partial charge in [-0.05, 0) is 95.4 Å². The van der Waals surface area contributed by atoms with Gasteiger partial charge in [0.05, 0.1) is 0 Å². The minimum absolute atomic E-state index is 0. The third-order valence-electron chi connectivity index (χ3n) is 3.86. The molecule has 4 rings (SSSR count). The molecule has 0 saturated heterocycles. The van der Waals surface area contributed by atoms with Gasteiger partial charge in [-0.15, -0.1) is 6.42 Å². The molecule has 4 aromatic rings. The van der Waals surface area contributed by atoms with Gasteiger partial charge in [-0.3, -0.25) is 0 Å². The lowest BCUT2D eigenvalue weighted by Gasteiger charge is -1.93. The topological polar surface area (TPSA) is 80.9 Å². The van der Waals surface area contributed by atoms with Gasteiger partial charge in [0, 0.05) is 20.3 Å². The molecule has 0 saturated carbocycles. The Balaban J connectivity index is 0.000000274. The van der Waals surface area contributed by atoms with E-state index in [0.717, 1.165) is 14.7 Å². The third kappa shape index (κ3) is 11.0. The highest BCUT2D eigenvalue weighted by atomic mass is 127. The molecule has 0 aliphatic carbocycles. The van der Waals surface area contributed by atoms with Crippen LogP contribution in [0.1, 0.15) is 24.1 Å². The third-order valence-corrected chi connectivity index (χ3v) is 4.54. The van der Waals surface area contributed by atoms with E-state index < -0.39 is 0 Å². The fourth-order valence-electron chi connectivity index (χ4n) is 2.38. The Morgan fingerprint density at radius 1 is 0.529 bits per heavy atom. The van der Waals surface area contributed by atoms with E-state index in [1.807, 2.05) is 24.3 Å². The Kier molecular flexibility index (Phi) is 12.2. The van der Waals surface area contributed by atoms with Crippen molar-refractivity contribution in [2.24, 2.45) is 0 Å². The Hall–Kier alpha value is -4.07. The van der Waals surface area contributed by atoms with Gasteiger partial charge in [0.1, 0.15) is 23.0 Å². The van der Waals surface area contributed by atoms with Crippen molar-refractivity contribution in [3.8, 4) is 47.2 Å². The number of phenols is 4. The molecular formula is C29H25IO4. The second-order valence-corrected chi connectivity index (χ2v) is 7.77. The van der Waals surface area contributed by atoms with Crippen molar-refractivity contribution in [1.82, 2.24) is 0 Å². The molecule has 0 heterocycles. The van der Waals surface area contributed by atoms with Gasteiger partial charge in [-0.1, -0.05) is 49.5 Å². The number of phenolic OH excluding ortho intramolecular Hbond substituents is 4. The molecule has 0 aliphatic heterocycles. The second-order valence-electron chi connectivity index (χ2n) is 6.53. The first-order valence-electron chi connectivity index (χ1n) is 9.66. The molecule has 172 valence electrons. The summed E-state index contributed by atoms with van der Waals surface area (Å²) in [6.07, 6.45) is 5.06. The highest BCUT2D eigenvalue weighted by Crippen LogP contribution is 2.13. The van der Waals surface area contributed by atoms with Crippen molar-refractivity contribution >= 4 is 22.6 Å². The summed E-state index contributed by atoms with van der Waals surface area (Å²) in [5.41, 5.74) is 2.18. The maximum atomic E-state index is 9.25.